The number of H-pyrrole nitrogens is 1. The van der Waals surface area contributed by atoms with Crippen LogP contribution >= 0.6 is 0 Å². The molecule has 8 heterocycles. The van der Waals surface area contributed by atoms with E-state index in [4.69, 9.17) is 46.7 Å². The number of urea groups is 3. The lowest BCUT2D eigenvalue weighted by Gasteiger charge is -2.25. The van der Waals surface area contributed by atoms with Crippen LogP contribution in [0.3, 0.4) is 0 Å². The average Bonchev–Trinajstić information content (AvgIpc) is 2.27. The molecule has 90 heavy (non-hydrogen) atoms. The number of aromatic nitrogens is 7. The smallest absolute Gasteiger partial charge is 0.326 e. The molecule has 7 amide bonds. The number of likely N-dealkylation sites (tertiary alicyclic amines) is 3. The summed E-state index contributed by atoms with van der Waals surface area (Å²) in [6.45, 7) is 4.07. The summed E-state index contributed by atoms with van der Waals surface area (Å²) in [6.07, 6.45) is 7.86. The highest BCUT2D eigenvalue weighted by Gasteiger charge is 2.38. The average molecular weight is 1260 g/mol. The summed E-state index contributed by atoms with van der Waals surface area (Å²) in [5.74, 6) is -2.34. The molecule has 5 aromatic rings. The van der Waals surface area contributed by atoms with E-state index in [-0.39, 0.29) is 90.5 Å². The Balaban J connectivity index is 0.000000194. The number of hydrogen-bond acceptors (Lipinski definition) is 22. The lowest BCUT2D eigenvalue weighted by atomic mass is 10.0. The molecule has 0 saturated carbocycles. The van der Waals surface area contributed by atoms with Gasteiger partial charge in [0, 0.05) is 69.0 Å². The van der Waals surface area contributed by atoms with E-state index in [1.165, 1.54) is 23.6 Å². The van der Waals surface area contributed by atoms with Gasteiger partial charge in [-0.15, -0.1) is 0 Å². The van der Waals surface area contributed by atoms with E-state index >= 15 is 0 Å². The normalized spacial score (nSPS) is 19.5. The second-order valence-electron chi connectivity index (χ2n) is 22.0. The number of aromatic amines is 1. The quantitative estimate of drug-likeness (QED) is 0.0224. The number of para-hydroxylation sites is 1. The molecule has 0 spiro atoms. The van der Waals surface area contributed by atoms with E-state index < -0.39 is 84.9 Å². The summed E-state index contributed by atoms with van der Waals surface area (Å²) in [5, 5.41) is 60.0. The number of Topliss-reactive ketones (excluding diaryl/α,β-unsaturated/α-hetero) is 2. The molecule has 9 rings (SSSR count). The number of aliphatic hydroxyl groups is 1. The van der Waals surface area contributed by atoms with Crippen molar-refractivity contribution in [2.45, 2.75) is 165 Å². The molecule has 0 aliphatic carbocycles. The molecule has 35 nitrogen and oxygen atoms in total. The van der Waals surface area contributed by atoms with Crippen LogP contribution in [0.2, 0.25) is 0 Å². The fraction of sp³-hybridized carbons (Fsp3) is 0.564. The summed E-state index contributed by atoms with van der Waals surface area (Å²) in [7, 11) is 0. The highest BCUT2D eigenvalue weighted by atomic mass is 16.5. The summed E-state index contributed by atoms with van der Waals surface area (Å²) >= 11 is 0. The van der Waals surface area contributed by atoms with Crippen LogP contribution in [0.5, 0.6) is 0 Å². The molecule has 9 atom stereocenters. The zero-order valence-corrected chi connectivity index (χ0v) is 49.7. The van der Waals surface area contributed by atoms with Crippen LogP contribution in [0.25, 0.3) is 10.9 Å². The van der Waals surface area contributed by atoms with E-state index in [1.807, 2.05) is 30.5 Å². The Bertz CT molecular complexity index is 3340. The number of amides is 7. The summed E-state index contributed by atoms with van der Waals surface area (Å²) < 4.78 is 15.8. The van der Waals surface area contributed by atoms with E-state index in [0.717, 1.165) is 29.3 Å². The molecule has 17 N–H and O–H groups in total. The Labute approximate surface area is 513 Å². The molecule has 35 heteroatoms. The summed E-state index contributed by atoms with van der Waals surface area (Å²) in [6, 6.07) is 0.564. The summed E-state index contributed by atoms with van der Waals surface area (Å²) in [4.78, 5) is 130. The first-order valence-electron chi connectivity index (χ1n) is 29.4. The van der Waals surface area contributed by atoms with Crippen LogP contribution in [0, 0.1) is 0 Å². The van der Waals surface area contributed by atoms with Crippen molar-refractivity contribution in [2.24, 2.45) is 27.9 Å². The number of nitrogens with one attached hydrogen (secondary N) is 5. The Morgan fingerprint density at radius 2 is 1.18 bits per heavy atom. The van der Waals surface area contributed by atoms with Crippen LogP contribution in [-0.2, 0) is 35.2 Å². The number of rotatable bonds is 25. The van der Waals surface area contributed by atoms with Crippen molar-refractivity contribution in [3.63, 3.8) is 0 Å². The molecular formula is C55H77N19O16. The van der Waals surface area contributed by atoms with Crippen molar-refractivity contribution in [3.8, 4) is 0 Å². The molecule has 0 bridgehead atoms. The fourth-order valence-electron chi connectivity index (χ4n) is 10.7. The van der Waals surface area contributed by atoms with Crippen molar-refractivity contribution in [1.29, 1.82) is 0 Å². The second-order valence-corrected chi connectivity index (χ2v) is 22.0. The van der Waals surface area contributed by atoms with Gasteiger partial charge in [-0.2, -0.15) is 15.0 Å². The first-order chi connectivity index (χ1) is 43.0. The third kappa shape index (κ3) is 18.5. The van der Waals surface area contributed by atoms with Gasteiger partial charge in [-0.3, -0.25) is 29.0 Å². The maximum Gasteiger partial charge on any atom is 0.326 e. The van der Waals surface area contributed by atoms with Gasteiger partial charge in [0.1, 0.15) is 24.2 Å². The number of carboxylic acids is 3. The van der Waals surface area contributed by atoms with Gasteiger partial charge in [-0.1, -0.05) is 33.7 Å². The van der Waals surface area contributed by atoms with E-state index in [1.54, 1.807) is 4.90 Å². The standard InChI is InChI=1S/C23H28N6O5.C17H26N8O5.C15H23N5O6/c1-13(30)19-7-4-10-29(19)23(33)26-18(11-14-12-25-17-6-3-2-5-15(14)17)22-27-21(28-34-22)16(24)8-9-20(31)32;18-16(19)20-7-1-3-10(22-17(29)25-8-2-4-11(25)15(27)28)14-23-13(24-30-14)9-5-6-12(26)21-9;1-8(22)11-3-2-6-20(11)15(25)17-10(7-21)14-18-13(19-26-14)9(16)4-5-12(23)24/h2-3,5-6,12,16,18-19,25H,4,7-11,24H2,1H3,(H,26,33)(H,31,32);9-11H,1-8H2,(H,21,26)(H,22,29)(H,27,28)(H4,18,19,20);9-11,21H,2-7,16H2,1H3,(H,17,25)(H,23,24)/t16-,18-,19?;9-,10-,11-;9-,10-,11?/m000/s1. The topological polar surface area (TPSA) is 541 Å². The first-order valence-corrected chi connectivity index (χ1v) is 29.4. The zero-order valence-electron chi connectivity index (χ0n) is 49.7. The van der Waals surface area contributed by atoms with Crippen LogP contribution in [0.4, 0.5) is 14.4 Å². The number of guanidine groups is 1. The van der Waals surface area contributed by atoms with Gasteiger partial charge < -0.3 is 97.9 Å². The molecule has 4 saturated heterocycles. The minimum Gasteiger partial charge on any atom is -0.481 e. The highest BCUT2D eigenvalue weighted by Crippen LogP contribution is 2.29. The number of carboxylic acid groups (broad SMARTS) is 3. The van der Waals surface area contributed by atoms with Gasteiger partial charge in [0.05, 0.1) is 36.8 Å². The number of benzene rings is 1. The third-order valence-corrected chi connectivity index (χ3v) is 15.5. The van der Waals surface area contributed by atoms with Crippen LogP contribution in [0.15, 0.2) is 49.0 Å². The van der Waals surface area contributed by atoms with Gasteiger partial charge in [0.15, 0.2) is 35.0 Å². The molecule has 4 fully saturated rings. The van der Waals surface area contributed by atoms with Gasteiger partial charge in [-0.25, -0.2) is 19.2 Å². The Morgan fingerprint density at radius 3 is 1.69 bits per heavy atom. The number of aliphatic imine (C=N–C) groups is 1. The Kier molecular flexibility index (Phi) is 24.1. The first kappa shape index (κ1) is 67.9. The van der Waals surface area contributed by atoms with Gasteiger partial charge in [0.25, 0.3) is 5.89 Å². The number of aliphatic carboxylic acids is 3. The number of carbonyl (C=O) groups excluding carboxylic acids is 6. The Morgan fingerprint density at radius 1 is 0.678 bits per heavy atom. The largest absolute Gasteiger partial charge is 0.481 e. The lowest BCUT2D eigenvalue weighted by molar-refractivity contribution is -0.141. The molecule has 4 aromatic heterocycles. The third-order valence-electron chi connectivity index (χ3n) is 15.5. The number of ketones is 2. The molecule has 4 aliphatic heterocycles. The number of hydrogen-bond donors (Lipinski definition) is 13. The molecule has 1 aromatic carbocycles. The van der Waals surface area contributed by atoms with Crippen molar-refractivity contribution < 1.29 is 77.1 Å². The van der Waals surface area contributed by atoms with E-state index in [0.29, 0.717) is 89.8 Å². The van der Waals surface area contributed by atoms with Crippen LogP contribution < -0.4 is 44.2 Å². The number of nitrogens with zero attached hydrogens (tertiary/aromatic N) is 10. The number of carbonyl (C=O) groups is 9. The van der Waals surface area contributed by atoms with Gasteiger partial charge in [-0.05, 0) is 96.1 Å². The maximum atomic E-state index is 13.1. The number of nitrogens with two attached hydrogens (primary N) is 4. The summed E-state index contributed by atoms with van der Waals surface area (Å²) in [5.41, 5.74) is 24.4. The second kappa shape index (κ2) is 32.0. The molecule has 4 aliphatic rings. The van der Waals surface area contributed by atoms with Crippen molar-refractivity contribution in [2.75, 3.05) is 32.8 Å². The molecule has 488 valence electrons. The van der Waals surface area contributed by atoms with Crippen molar-refractivity contribution in [1.82, 2.24) is 71.4 Å². The van der Waals surface area contributed by atoms with Gasteiger partial charge in [0.2, 0.25) is 17.7 Å². The predicted molar refractivity (Wildman–Crippen MR) is 312 cm³/mol. The van der Waals surface area contributed by atoms with Crippen LogP contribution in [0.1, 0.15) is 181 Å². The molecular weight excluding hydrogens is 1180 g/mol. The van der Waals surface area contributed by atoms with Crippen molar-refractivity contribution in [3.05, 3.63) is 71.2 Å². The lowest BCUT2D eigenvalue weighted by Crippen LogP contribution is -2.47. The predicted octanol–water partition coefficient (Wildman–Crippen LogP) is 1.57. The number of aliphatic hydroxyl groups excluding tert-OH is 1. The van der Waals surface area contributed by atoms with Gasteiger partial charge >= 0.3 is 36.0 Å². The maximum absolute atomic E-state index is 13.1. The zero-order chi connectivity index (χ0) is 65.2. The Hall–Kier alpha value is -9.64. The fourth-order valence-corrected chi connectivity index (χ4v) is 10.7. The minimum atomic E-state index is -1.04. The number of fused-ring (bicyclic) bond motifs is 1. The van der Waals surface area contributed by atoms with Crippen molar-refractivity contribution >= 4 is 70.3 Å². The SMILES string of the molecule is CC(=O)C1CCCN1C(=O)N[C@@H](CO)c1nc([C@@H](N)CCC(=O)O)no1.CC(=O)C1CCCN1C(=O)N[C@@H](Cc1c[nH]c2ccccc12)c1nc([C@@H](N)CCC(=O)O)no1.NC(N)=NCCC[C@H](NC(=O)N1CCC[C@H]1C(=O)O)c1nc([C@@H]2CCC(=O)N2)no1. The van der Waals surface area contributed by atoms with E-state index in [2.05, 4.69) is 61.7 Å². The van der Waals surface area contributed by atoms with Crippen LogP contribution in [-0.4, -0.2) is 181 Å². The monoisotopic (exact) mass is 1260 g/mol. The van der Waals surface area contributed by atoms with E-state index in [9.17, 15) is 53.4 Å². The molecule has 2 unspecified atom stereocenters. The minimum absolute atomic E-state index is 0.0333. The molecule has 0 radical (unpaired) electrons. The highest BCUT2D eigenvalue weighted by molar-refractivity contribution is 5.89.